The van der Waals surface area contributed by atoms with Gasteiger partial charge in [0.25, 0.3) is 6.43 Å². The first-order valence-corrected chi connectivity index (χ1v) is 6.40. The van der Waals surface area contributed by atoms with Crippen LogP contribution in [0.25, 0.3) is 0 Å². The van der Waals surface area contributed by atoms with Crippen molar-refractivity contribution in [3.8, 4) is 6.01 Å². The molecular formula is C14H12F3N5O. The Morgan fingerprint density at radius 3 is 2.74 bits per heavy atom. The van der Waals surface area contributed by atoms with Crippen LogP contribution < -0.4 is 10.1 Å². The van der Waals surface area contributed by atoms with E-state index >= 15 is 0 Å². The summed E-state index contributed by atoms with van der Waals surface area (Å²) in [7, 11) is 0. The predicted molar refractivity (Wildman–Crippen MR) is 75.7 cm³/mol. The van der Waals surface area contributed by atoms with Gasteiger partial charge in [0.15, 0.2) is 0 Å². The minimum Gasteiger partial charge on any atom is -0.457 e. The number of alkyl halides is 2. The van der Waals surface area contributed by atoms with E-state index in [0.29, 0.717) is 0 Å². The summed E-state index contributed by atoms with van der Waals surface area (Å²) in [4.78, 5) is 7.67. The molecule has 1 heterocycles. The molecule has 120 valence electrons. The summed E-state index contributed by atoms with van der Waals surface area (Å²) in [5.41, 5.74) is 6.75. The molecular weight excluding hydrogens is 311 g/mol. The summed E-state index contributed by atoms with van der Waals surface area (Å²) in [6, 6.07) is 4.95. The lowest BCUT2D eigenvalue weighted by Crippen LogP contribution is -2.04. The number of ether oxygens (including phenoxy) is 1. The van der Waals surface area contributed by atoms with Crippen molar-refractivity contribution in [2.45, 2.75) is 6.43 Å². The summed E-state index contributed by atoms with van der Waals surface area (Å²) in [5.74, 6) is -0.982. The average molecular weight is 323 g/mol. The molecule has 9 heteroatoms. The first-order valence-electron chi connectivity index (χ1n) is 6.40. The molecule has 0 radical (unpaired) electrons. The van der Waals surface area contributed by atoms with Crippen molar-refractivity contribution < 1.29 is 17.9 Å². The van der Waals surface area contributed by atoms with E-state index < -0.39 is 17.8 Å². The Morgan fingerprint density at radius 1 is 1.35 bits per heavy atom. The zero-order valence-corrected chi connectivity index (χ0v) is 11.7. The highest BCUT2D eigenvalue weighted by molar-refractivity contribution is 5.49. The fourth-order valence-electron chi connectivity index (χ4n) is 1.57. The Morgan fingerprint density at radius 2 is 2.09 bits per heavy atom. The maximum atomic E-state index is 13.2. The van der Waals surface area contributed by atoms with E-state index in [4.69, 9.17) is 10.3 Å². The molecule has 0 aliphatic carbocycles. The second kappa shape index (κ2) is 7.87. The molecule has 0 atom stereocenters. The summed E-state index contributed by atoms with van der Waals surface area (Å²) in [5, 5.41) is 5.90. The van der Waals surface area contributed by atoms with Crippen LogP contribution in [-0.4, -0.2) is 16.6 Å². The van der Waals surface area contributed by atoms with Crippen LogP contribution >= 0.6 is 0 Å². The highest BCUT2D eigenvalue weighted by atomic mass is 19.3. The molecule has 0 fully saturated rings. The van der Waals surface area contributed by atoms with E-state index in [1.807, 2.05) is 0 Å². The molecule has 0 aliphatic rings. The zero-order valence-electron chi connectivity index (χ0n) is 11.7. The van der Waals surface area contributed by atoms with Crippen LogP contribution in [0.4, 0.5) is 18.9 Å². The minimum absolute atomic E-state index is 0.0938. The van der Waals surface area contributed by atoms with E-state index in [9.17, 15) is 13.2 Å². The highest BCUT2D eigenvalue weighted by Gasteiger charge is 2.13. The lowest BCUT2D eigenvalue weighted by atomic mass is 10.2. The standard InChI is InChI=1S/C14H12F3N5O/c15-12-3-2-9(6-11(12)13(16)17)21-7-10(22-18)8-23-14-19-4-1-5-20-14/h1-7,13,18,21H,8H2/b10-7-,22-18?. The summed E-state index contributed by atoms with van der Waals surface area (Å²) in [6.07, 6.45) is 1.36. The number of rotatable bonds is 7. The van der Waals surface area contributed by atoms with Gasteiger partial charge in [-0.15, -0.1) is 0 Å². The van der Waals surface area contributed by atoms with Gasteiger partial charge in [-0.2, -0.15) is 5.11 Å². The van der Waals surface area contributed by atoms with Gasteiger partial charge < -0.3 is 10.1 Å². The van der Waals surface area contributed by atoms with Crippen LogP contribution in [-0.2, 0) is 0 Å². The molecule has 0 amide bonds. The molecule has 0 unspecified atom stereocenters. The number of anilines is 1. The van der Waals surface area contributed by atoms with E-state index in [1.54, 1.807) is 6.07 Å². The summed E-state index contributed by atoms with van der Waals surface area (Å²) >= 11 is 0. The van der Waals surface area contributed by atoms with Gasteiger partial charge in [-0.3, -0.25) is 0 Å². The van der Waals surface area contributed by atoms with Crippen molar-refractivity contribution in [2.75, 3.05) is 11.9 Å². The topological polar surface area (TPSA) is 83.2 Å². The highest BCUT2D eigenvalue weighted by Crippen LogP contribution is 2.25. The molecule has 1 aromatic carbocycles. The SMILES string of the molecule is N=N/C(=C\Nc1ccc(F)c(C(F)F)c1)COc1ncccn1. The molecule has 1 aromatic heterocycles. The lowest BCUT2D eigenvalue weighted by molar-refractivity contribution is 0.146. The van der Waals surface area contributed by atoms with Crippen molar-refractivity contribution in [3.63, 3.8) is 0 Å². The van der Waals surface area contributed by atoms with Gasteiger partial charge >= 0.3 is 6.01 Å². The van der Waals surface area contributed by atoms with Crippen LogP contribution in [0.3, 0.4) is 0 Å². The molecule has 2 aromatic rings. The van der Waals surface area contributed by atoms with Crippen molar-refractivity contribution >= 4 is 5.69 Å². The average Bonchev–Trinajstić information content (AvgIpc) is 2.57. The Balaban J connectivity index is 2.02. The van der Waals surface area contributed by atoms with Crippen molar-refractivity contribution in [1.82, 2.24) is 9.97 Å². The number of hydrogen-bond acceptors (Lipinski definition) is 6. The molecule has 0 spiro atoms. The van der Waals surface area contributed by atoms with Crippen LogP contribution in [0.5, 0.6) is 6.01 Å². The van der Waals surface area contributed by atoms with Gasteiger partial charge in [0, 0.05) is 24.3 Å². The van der Waals surface area contributed by atoms with Crippen LogP contribution in [0.1, 0.15) is 12.0 Å². The van der Waals surface area contributed by atoms with Gasteiger partial charge in [0.1, 0.15) is 18.1 Å². The van der Waals surface area contributed by atoms with Gasteiger partial charge in [0.2, 0.25) is 0 Å². The third-order valence-electron chi connectivity index (χ3n) is 2.67. The maximum absolute atomic E-state index is 13.2. The molecule has 23 heavy (non-hydrogen) atoms. The quantitative estimate of drug-likeness (QED) is 0.757. The molecule has 0 saturated heterocycles. The van der Waals surface area contributed by atoms with Gasteiger partial charge in [-0.25, -0.2) is 28.7 Å². The van der Waals surface area contributed by atoms with E-state index in [2.05, 4.69) is 20.4 Å². The lowest BCUT2D eigenvalue weighted by Gasteiger charge is -2.07. The van der Waals surface area contributed by atoms with Crippen LogP contribution in [0.15, 0.2) is 53.7 Å². The predicted octanol–water partition coefficient (Wildman–Crippen LogP) is 3.92. The largest absolute Gasteiger partial charge is 0.457 e. The van der Waals surface area contributed by atoms with E-state index in [1.165, 1.54) is 24.7 Å². The first-order chi connectivity index (χ1) is 11.1. The van der Waals surface area contributed by atoms with Gasteiger partial charge in [0.05, 0.1) is 5.56 Å². The molecule has 0 bridgehead atoms. The second-order valence-electron chi connectivity index (χ2n) is 4.25. The second-order valence-corrected chi connectivity index (χ2v) is 4.25. The van der Waals surface area contributed by atoms with Crippen molar-refractivity contribution in [3.05, 3.63) is 59.9 Å². The Kier molecular flexibility index (Phi) is 5.61. The normalized spacial score (nSPS) is 11.4. The number of nitrogens with zero attached hydrogens (tertiary/aromatic N) is 3. The molecule has 0 saturated carbocycles. The third-order valence-corrected chi connectivity index (χ3v) is 2.67. The van der Waals surface area contributed by atoms with Crippen LogP contribution in [0.2, 0.25) is 0 Å². The number of halogens is 3. The summed E-state index contributed by atoms with van der Waals surface area (Å²) < 4.78 is 43.6. The van der Waals surface area contributed by atoms with Gasteiger partial charge in [-0.1, -0.05) is 0 Å². The smallest absolute Gasteiger partial charge is 0.316 e. The zero-order chi connectivity index (χ0) is 16.7. The molecule has 0 aliphatic heterocycles. The Bertz CT molecular complexity index is 694. The van der Waals surface area contributed by atoms with E-state index in [-0.39, 0.29) is 24.0 Å². The van der Waals surface area contributed by atoms with Crippen molar-refractivity contribution in [2.24, 2.45) is 5.11 Å². The fraction of sp³-hybridized carbons (Fsp3) is 0.143. The van der Waals surface area contributed by atoms with Crippen LogP contribution in [0, 0.1) is 11.3 Å². The monoisotopic (exact) mass is 323 g/mol. The van der Waals surface area contributed by atoms with Crippen molar-refractivity contribution in [1.29, 1.82) is 5.53 Å². The Hall–Kier alpha value is -2.97. The van der Waals surface area contributed by atoms with E-state index in [0.717, 1.165) is 12.1 Å². The number of hydrogen-bond donors (Lipinski definition) is 2. The number of benzene rings is 1. The molecule has 6 nitrogen and oxygen atoms in total. The summed E-state index contributed by atoms with van der Waals surface area (Å²) in [6.45, 7) is -0.0938. The minimum atomic E-state index is -2.92. The molecule has 2 rings (SSSR count). The van der Waals surface area contributed by atoms with Gasteiger partial charge in [-0.05, 0) is 24.3 Å². The number of aromatic nitrogens is 2. The Labute approximate surface area is 129 Å². The maximum Gasteiger partial charge on any atom is 0.316 e. The number of nitrogens with one attached hydrogen (secondary N) is 2. The first kappa shape index (κ1) is 16.4. The fourth-order valence-corrected chi connectivity index (χ4v) is 1.57. The third kappa shape index (κ3) is 4.77. The molecule has 2 N–H and O–H groups in total.